The summed E-state index contributed by atoms with van der Waals surface area (Å²) in [5.74, 6) is 0.622. The third kappa shape index (κ3) is 6.33. The van der Waals surface area contributed by atoms with E-state index in [1.807, 2.05) is 11.3 Å². The molecule has 114 valence electrons. The van der Waals surface area contributed by atoms with Crippen LogP contribution in [0.3, 0.4) is 0 Å². The standard InChI is InChI=1S/C18H24BrNS/c1-18(2,3)20-12-15(9-14-7-5-4-6-8-14)10-17-11-16(19)13-21-17/h4-8,11,13,15,20H,9-10,12H2,1-3H3. The Morgan fingerprint density at radius 2 is 1.86 bits per heavy atom. The number of nitrogens with one attached hydrogen (secondary N) is 1. The molecule has 0 radical (unpaired) electrons. The molecule has 0 aliphatic heterocycles. The summed E-state index contributed by atoms with van der Waals surface area (Å²) in [6, 6.07) is 13.1. The van der Waals surface area contributed by atoms with Crippen LogP contribution in [0, 0.1) is 5.92 Å². The first-order valence-corrected chi connectivity index (χ1v) is 9.11. The van der Waals surface area contributed by atoms with Crippen molar-refractivity contribution >= 4 is 27.3 Å². The number of rotatable bonds is 6. The van der Waals surface area contributed by atoms with E-state index in [0.717, 1.165) is 19.4 Å². The Labute approximate surface area is 140 Å². The van der Waals surface area contributed by atoms with E-state index in [9.17, 15) is 0 Å². The average molecular weight is 366 g/mol. The van der Waals surface area contributed by atoms with Gasteiger partial charge in [0, 0.05) is 20.3 Å². The Bertz CT molecular complexity index is 542. The zero-order valence-corrected chi connectivity index (χ0v) is 15.4. The van der Waals surface area contributed by atoms with Crippen molar-refractivity contribution in [2.24, 2.45) is 5.92 Å². The van der Waals surface area contributed by atoms with Crippen molar-refractivity contribution in [2.75, 3.05) is 6.54 Å². The van der Waals surface area contributed by atoms with Crippen LogP contribution in [0.4, 0.5) is 0 Å². The van der Waals surface area contributed by atoms with Crippen molar-refractivity contribution in [1.29, 1.82) is 0 Å². The molecule has 1 nitrogen and oxygen atoms in total. The summed E-state index contributed by atoms with van der Waals surface area (Å²) >= 11 is 5.40. The quantitative estimate of drug-likeness (QED) is 0.732. The van der Waals surface area contributed by atoms with Gasteiger partial charge in [0.15, 0.2) is 0 Å². The lowest BCUT2D eigenvalue weighted by Crippen LogP contribution is -2.40. The molecule has 0 aliphatic rings. The highest BCUT2D eigenvalue weighted by Gasteiger charge is 2.16. The number of hydrogen-bond acceptors (Lipinski definition) is 2. The topological polar surface area (TPSA) is 12.0 Å². The van der Waals surface area contributed by atoms with Crippen molar-refractivity contribution in [3.05, 3.63) is 56.7 Å². The van der Waals surface area contributed by atoms with E-state index in [1.54, 1.807) is 0 Å². The molecule has 0 spiro atoms. The van der Waals surface area contributed by atoms with Crippen LogP contribution in [0.25, 0.3) is 0 Å². The predicted molar refractivity (Wildman–Crippen MR) is 97.1 cm³/mol. The number of thiophene rings is 1. The second-order valence-corrected chi connectivity index (χ2v) is 8.53. The fourth-order valence-corrected chi connectivity index (χ4v) is 3.93. The van der Waals surface area contributed by atoms with E-state index < -0.39 is 0 Å². The minimum Gasteiger partial charge on any atom is -0.312 e. The van der Waals surface area contributed by atoms with E-state index in [4.69, 9.17) is 0 Å². The van der Waals surface area contributed by atoms with Gasteiger partial charge in [-0.3, -0.25) is 0 Å². The number of halogens is 1. The summed E-state index contributed by atoms with van der Waals surface area (Å²) in [4.78, 5) is 1.46. The molecule has 2 aromatic rings. The first-order valence-electron chi connectivity index (χ1n) is 7.44. The average Bonchev–Trinajstić information content (AvgIpc) is 2.82. The molecule has 1 aromatic heterocycles. The van der Waals surface area contributed by atoms with Crippen LogP contribution in [0.5, 0.6) is 0 Å². The summed E-state index contributed by atoms with van der Waals surface area (Å²) in [6.07, 6.45) is 2.26. The molecule has 0 saturated heterocycles. The van der Waals surface area contributed by atoms with Crippen LogP contribution in [0.2, 0.25) is 0 Å². The maximum Gasteiger partial charge on any atom is 0.0285 e. The zero-order valence-electron chi connectivity index (χ0n) is 13.0. The van der Waals surface area contributed by atoms with Gasteiger partial charge in [0.25, 0.3) is 0 Å². The van der Waals surface area contributed by atoms with Crippen LogP contribution in [-0.4, -0.2) is 12.1 Å². The minimum absolute atomic E-state index is 0.172. The van der Waals surface area contributed by atoms with Gasteiger partial charge >= 0.3 is 0 Å². The van der Waals surface area contributed by atoms with Gasteiger partial charge in [-0.2, -0.15) is 0 Å². The Morgan fingerprint density at radius 1 is 1.14 bits per heavy atom. The van der Waals surface area contributed by atoms with Gasteiger partial charge in [-0.05, 0) is 73.6 Å². The molecule has 2 rings (SSSR count). The van der Waals surface area contributed by atoms with Crippen molar-refractivity contribution in [3.8, 4) is 0 Å². The summed E-state index contributed by atoms with van der Waals surface area (Å²) < 4.78 is 1.20. The molecule has 1 atom stereocenters. The van der Waals surface area contributed by atoms with E-state index >= 15 is 0 Å². The first kappa shape index (κ1) is 16.7. The second-order valence-electron chi connectivity index (χ2n) is 6.62. The van der Waals surface area contributed by atoms with Crippen molar-refractivity contribution < 1.29 is 0 Å². The van der Waals surface area contributed by atoms with Gasteiger partial charge in [-0.1, -0.05) is 30.3 Å². The molecule has 3 heteroatoms. The summed E-state index contributed by atoms with van der Waals surface area (Å²) in [5.41, 5.74) is 1.60. The fraction of sp³-hybridized carbons (Fsp3) is 0.444. The first-order chi connectivity index (χ1) is 9.92. The van der Waals surface area contributed by atoms with Crippen molar-refractivity contribution in [3.63, 3.8) is 0 Å². The zero-order chi connectivity index (χ0) is 15.3. The largest absolute Gasteiger partial charge is 0.312 e. The molecule has 0 aliphatic carbocycles. The highest BCUT2D eigenvalue weighted by atomic mass is 79.9. The van der Waals surface area contributed by atoms with Crippen LogP contribution >= 0.6 is 27.3 Å². The van der Waals surface area contributed by atoms with Crippen LogP contribution in [-0.2, 0) is 12.8 Å². The maximum absolute atomic E-state index is 3.66. The molecule has 0 bridgehead atoms. The maximum atomic E-state index is 3.66. The third-order valence-electron chi connectivity index (χ3n) is 3.40. The molecule has 0 fully saturated rings. The smallest absolute Gasteiger partial charge is 0.0285 e. The molecule has 0 saturated carbocycles. The van der Waals surface area contributed by atoms with E-state index in [0.29, 0.717) is 5.92 Å². The highest BCUT2D eigenvalue weighted by Crippen LogP contribution is 2.24. The Kier molecular flexibility index (Phi) is 6.03. The van der Waals surface area contributed by atoms with E-state index in [2.05, 4.69) is 83.8 Å². The van der Waals surface area contributed by atoms with Gasteiger partial charge in [0.05, 0.1) is 0 Å². The normalized spacial score (nSPS) is 13.3. The van der Waals surface area contributed by atoms with Crippen LogP contribution in [0.1, 0.15) is 31.2 Å². The lowest BCUT2D eigenvalue weighted by molar-refractivity contribution is 0.368. The molecule has 1 aromatic carbocycles. The van der Waals surface area contributed by atoms with E-state index in [1.165, 1.54) is 14.9 Å². The number of hydrogen-bond donors (Lipinski definition) is 1. The Hall–Kier alpha value is -0.640. The summed E-state index contributed by atoms with van der Waals surface area (Å²) in [5, 5.41) is 5.83. The SMILES string of the molecule is CC(C)(C)NCC(Cc1ccccc1)Cc1cc(Br)cs1. The Balaban J connectivity index is 2.02. The second kappa shape index (κ2) is 7.57. The predicted octanol–water partition coefficient (Wildman–Crippen LogP) is 5.30. The molecule has 0 amide bonds. The van der Waals surface area contributed by atoms with E-state index in [-0.39, 0.29) is 5.54 Å². The molecule has 21 heavy (non-hydrogen) atoms. The Morgan fingerprint density at radius 3 is 2.43 bits per heavy atom. The molecular weight excluding hydrogens is 342 g/mol. The number of benzene rings is 1. The summed E-state index contributed by atoms with van der Waals surface area (Å²) in [6.45, 7) is 7.74. The van der Waals surface area contributed by atoms with Crippen LogP contribution in [0.15, 0.2) is 46.3 Å². The van der Waals surface area contributed by atoms with Gasteiger partial charge in [-0.15, -0.1) is 11.3 Å². The molecular formula is C18H24BrNS. The minimum atomic E-state index is 0.172. The fourth-order valence-electron chi connectivity index (χ4n) is 2.36. The lowest BCUT2D eigenvalue weighted by Gasteiger charge is -2.25. The molecule has 1 N–H and O–H groups in total. The monoisotopic (exact) mass is 365 g/mol. The van der Waals surface area contributed by atoms with Crippen molar-refractivity contribution in [2.45, 2.75) is 39.2 Å². The summed E-state index contributed by atoms with van der Waals surface area (Å²) in [7, 11) is 0. The van der Waals surface area contributed by atoms with Gasteiger partial charge in [0.2, 0.25) is 0 Å². The third-order valence-corrected chi connectivity index (χ3v) is 5.12. The lowest BCUT2D eigenvalue weighted by atomic mass is 9.94. The van der Waals surface area contributed by atoms with Gasteiger partial charge in [-0.25, -0.2) is 0 Å². The van der Waals surface area contributed by atoms with Crippen molar-refractivity contribution in [1.82, 2.24) is 5.32 Å². The highest BCUT2D eigenvalue weighted by molar-refractivity contribution is 9.10. The van der Waals surface area contributed by atoms with Gasteiger partial charge < -0.3 is 5.32 Å². The molecule has 1 heterocycles. The van der Waals surface area contributed by atoms with Gasteiger partial charge in [0.1, 0.15) is 0 Å². The molecule has 1 unspecified atom stereocenters. The van der Waals surface area contributed by atoms with Crippen LogP contribution < -0.4 is 5.32 Å².